The lowest BCUT2D eigenvalue weighted by Crippen LogP contribution is -2.06. The molecule has 0 aliphatic heterocycles. The minimum absolute atomic E-state index is 0.807. The fourth-order valence-electron chi connectivity index (χ4n) is 1.98. The molecule has 0 spiro atoms. The normalized spacial score (nSPS) is 10.8. The second kappa shape index (κ2) is 6.36. The molecule has 0 fully saturated rings. The molecule has 1 N–H and O–H groups in total. The van der Waals surface area contributed by atoms with Crippen molar-refractivity contribution in [1.82, 2.24) is 15.1 Å². The molecular weight excluding hydrogens is 222 g/mol. The van der Waals surface area contributed by atoms with Gasteiger partial charge in [0.2, 0.25) is 0 Å². The third-order valence-electron chi connectivity index (χ3n) is 3.02. The Hall–Kier alpha value is -1.61. The summed E-state index contributed by atoms with van der Waals surface area (Å²) in [6.45, 7) is 3.03. The maximum Gasteiger partial charge on any atom is 0.0766 e. The largest absolute Gasteiger partial charge is 0.314 e. The molecule has 1 aromatic heterocycles. The van der Waals surface area contributed by atoms with Gasteiger partial charge in [-0.15, -0.1) is 0 Å². The van der Waals surface area contributed by atoms with Crippen LogP contribution in [-0.2, 0) is 13.0 Å². The van der Waals surface area contributed by atoms with Crippen molar-refractivity contribution in [1.29, 1.82) is 0 Å². The van der Waals surface area contributed by atoms with Crippen LogP contribution in [0.25, 0.3) is 5.69 Å². The Kier molecular flexibility index (Phi) is 4.53. The molecule has 3 nitrogen and oxygen atoms in total. The van der Waals surface area contributed by atoms with Crippen LogP contribution in [0.15, 0.2) is 36.5 Å². The highest BCUT2D eigenvalue weighted by Crippen LogP contribution is 2.11. The zero-order valence-corrected chi connectivity index (χ0v) is 11.2. The first-order valence-electron chi connectivity index (χ1n) is 6.62. The number of unbranched alkanes of at least 4 members (excludes halogenated alkanes) is 1. The molecule has 1 heterocycles. The molecule has 0 saturated heterocycles. The van der Waals surface area contributed by atoms with E-state index < -0.39 is 0 Å². The standard InChI is InChI=1S/C15H21N3/c1-3-4-5-13-6-8-15(9-7-13)18-11-10-14(17-18)12-16-2/h6-11,16H,3-5,12H2,1-2H3. The van der Waals surface area contributed by atoms with Crippen LogP contribution >= 0.6 is 0 Å². The van der Waals surface area contributed by atoms with Crippen molar-refractivity contribution >= 4 is 0 Å². The van der Waals surface area contributed by atoms with Gasteiger partial charge in [0.1, 0.15) is 0 Å². The van der Waals surface area contributed by atoms with Gasteiger partial charge in [0.25, 0.3) is 0 Å². The van der Waals surface area contributed by atoms with Crippen LogP contribution in [0.5, 0.6) is 0 Å². The molecule has 0 atom stereocenters. The van der Waals surface area contributed by atoms with E-state index in [-0.39, 0.29) is 0 Å². The lowest BCUT2D eigenvalue weighted by atomic mass is 10.1. The molecule has 1 aromatic carbocycles. The Labute approximate surface area is 109 Å². The third-order valence-corrected chi connectivity index (χ3v) is 3.02. The highest BCUT2D eigenvalue weighted by molar-refractivity contribution is 5.34. The van der Waals surface area contributed by atoms with Crippen molar-refractivity contribution in [2.75, 3.05) is 7.05 Å². The first kappa shape index (κ1) is 12.8. The number of nitrogens with zero attached hydrogens (tertiary/aromatic N) is 2. The van der Waals surface area contributed by atoms with Crippen molar-refractivity contribution in [2.45, 2.75) is 32.7 Å². The Balaban J connectivity index is 2.07. The van der Waals surface area contributed by atoms with Gasteiger partial charge in [-0.3, -0.25) is 0 Å². The fraction of sp³-hybridized carbons (Fsp3) is 0.400. The fourth-order valence-corrected chi connectivity index (χ4v) is 1.98. The van der Waals surface area contributed by atoms with E-state index in [0.717, 1.165) is 17.9 Å². The number of benzene rings is 1. The Morgan fingerprint density at radius 1 is 1.17 bits per heavy atom. The van der Waals surface area contributed by atoms with Crippen molar-refractivity contribution in [2.24, 2.45) is 0 Å². The van der Waals surface area contributed by atoms with Gasteiger partial charge in [0.05, 0.1) is 11.4 Å². The first-order chi connectivity index (χ1) is 8.83. The average molecular weight is 243 g/mol. The molecular formula is C15H21N3. The zero-order chi connectivity index (χ0) is 12.8. The predicted molar refractivity (Wildman–Crippen MR) is 74.9 cm³/mol. The van der Waals surface area contributed by atoms with Crippen LogP contribution in [0.1, 0.15) is 31.0 Å². The summed E-state index contributed by atoms with van der Waals surface area (Å²) in [6.07, 6.45) is 5.68. The Bertz CT molecular complexity index is 471. The van der Waals surface area contributed by atoms with Crippen molar-refractivity contribution < 1.29 is 0 Å². The van der Waals surface area contributed by atoms with E-state index in [2.05, 4.69) is 41.6 Å². The van der Waals surface area contributed by atoms with E-state index in [1.54, 1.807) is 0 Å². The number of nitrogens with one attached hydrogen (secondary N) is 1. The number of aromatic nitrogens is 2. The predicted octanol–water partition coefficient (Wildman–Crippen LogP) is 2.93. The van der Waals surface area contributed by atoms with Gasteiger partial charge in [0, 0.05) is 12.7 Å². The van der Waals surface area contributed by atoms with Crippen molar-refractivity contribution in [3.05, 3.63) is 47.8 Å². The van der Waals surface area contributed by atoms with Crippen LogP contribution in [0, 0.1) is 0 Å². The molecule has 3 heteroatoms. The minimum atomic E-state index is 0.807. The summed E-state index contributed by atoms with van der Waals surface area (Å²) in [5, 5.41) is 7.62. The molecule has 0 amide bonds. The first-order valence-corrected chi connectivity index (χ1v) is 6.62. The molecule has 0 saturated carbocycles. The average Bonchev–Trinajstić information content (AvgIpc) is 2.86. The van der Waals surface area contributed by atoms with Gasteiger partial charge in [-0.1, -0.05) is 25.5 Å². The van der Waals surface area contributed by atoms with Gasteiger partial charge < -0.3 is 5.32 Å². The van der Waals surface area contributed by atoms with Gasteiger partial charge in [-0.2, -0.15) is 5.10 Å². The number of hydrogen-bond acceptors (Lipinski definition) is 2. The van der Waals surface area contributed by atoms with Gasteiger partial charge in [-0.25, -0.2) is 4.68 Å². The van der Waals surface area contributed by atoms with E-state index in [0.29, 0.717) is 0 Å². The van der Waals surface area contributed by atoms with Crippen molar-refractivity contribution in [3.63, 3.8) is 0 Å². The highest BCUT2D eigenvalue weighted by Gasteiger charge is 2.00. The summed E-state index contributed by atoms with van der Waals surface area (Å²) in [5.74, 6) is 0. The van der Waals surface area contributed by atoms with E-state index in [1.807, 2.05) is 24.0 Å². The molecule has 18 heavy (non-hydrogen) atoms. The molecule has 0 unspecified atom stereocenters. The summed E-state index contributed by atoms with van der Waals surface area (Å²) in [4.78, 5) is 0. The van der Waals surface area contributed by atoms with Gasteiger partial charge in [-0.05, 0) is 43.7 Å². The van der Waals surface area contributed by atoms with Crippen LogP contribution in [0.3, 0.4) is 0 Å². The second-order valence-corrected chi connectivity index (χ2v) is 4.55. The van der Waals surface area contributed by atoms with E-state index in [4.69, 9.17) is 0 Å². The van der Waals surface area contributed by atoms with E-state index in [1.165, 1.54) is 24.8 Å². The van der Waals surface area contributed by atoms with Gasteiger partial charge in [0.15, 0.2) is 0 Å². The zero-order valence-electron chi connectivity index (χ0n) is 11.2. The van der Waals surface area contributed by atoms with Crippen LogP contribution in [0.2, 0.25) is 0 Å². The van der Waals surface area contributed by atoms with E-state index in [9.17, 15) is 0 Å². The summed E-state index contributed by atoms with van der Waals surface area (Å²) in [5.41, 5.74) is 3.59. The molecule has 96 valence electrons. The SMILES string of the molecule is CCCCc1ccc(-n2ccc(CNC)n2)cc1. The molecule has 0 radical (unpaired) electrons. The summed E-state index contributed by atoms with van der Waals surface area (Å²) < 4.78 is 1.93. The molecule has 2 aromatic rings. The smallest absolute Gasteiger partial charge is 0.0766 e. The number of hydrogen-bond donors (Lipinski definition) is 1. The Morgan fingerprint density at radius 2 is 1.94 bits per heavy atom. The molecule has 0 aliphatic rings. The monoisotopic (exact) mass is 243 g/mol. The third kappa shape index (κ3) is 3.20. The second-order valence-electron chi connectivity index (χ2n) is 4.55. The minimum Gasteiger partial charge on any atom is -0.314 e. The van der Waals surface area contributed by atoms with Crippen LogP contribution < -0.4 is 5.32 Å². The number of rotatable bonds is 6. The lowest BCUT2D eigenvalue weighted by Gasteiger charge is -2.04. The maximum absolute atomic E-state index is 4.52. The molecule has 0 bridgehead atoms. The summed E-state index contributed by atoms with van der Waals surface area (Å²) in [7, 11) is 1.93. The van der Waals surface area contributed by atoms with E-state index >= 15 is 0 Å². The maximum atomic E-state index is 4.52. The molecule has 0 aliphatic carbocycles. The lowest BCUT2D eigenvalue weighted by molar-refractivity contribution is 0.756. The topological polar surface area (TPSA) is 29.9 Å². The van der Waals surface area contributed by atoms with Crippen LogP contribution in [0.4, 0.5) is 0 Å². The summed E-state index contributed by atoms with van der Waals surface area (Å²) in [6, 6.07) is 10.7. The summed E-state index contributed by atoms with van der Waals surface area (Å²) >= 11 is 0. The molecule has 2 rings (SSSR count). The Morgan fingerprint density at radius 3 is 2.61 bits per heavy atom. The highest BCUT2D eigenvalue weighted by atomic mass is 15.3. The van der Waals surface area contributed by atoms with Crippen LogP contribution in [-0.4, -0.2) is 16.8 Å². The number of aryl methyl sites for hydroxylation is 1. The quantitative estimate of drug-likeness (QED) is 0.845. The van der Waals surface area contributed by atoms with Crippen molar-refractivity contribution in [3.8, 4) is 5.69 Å². The van der Waals surface area contributed by atoms with Gasteiger partial charge >= 0.3 is 0 Å².